The van der Waals surface area contributed by atoms with E-state index in [0.29, 0.717) is 5.41 Å². The summed E-state index contributed by atoms with van der Waals surface area (Å²) in [5, 5.41) is 4.49. The molecule has 1 saturated carbocycles. The average Bonchev–Trinajstić information content (AvgIpc) is 2.81. The maximum absolute atomic E-state index is 4.74. The van der Waals surface area contributed by atoms with Crippen molar-refractivity contribution >= 4 is 38.5 Å². The first kappa shape index (κ1) is 12.5. The van der Waals surface area contributed by atoms with Gasteiger partial charge in [0.1, 0.15) is 0 Å². The lowest BCUT2D eigenvalue weighted by Crippen LogP contribution is -2.30. The van der Waals surface area contributed by atoms with Crippen molar-refractivity contribution in [1.82, 2.24) is 0 Å². The largest absolute Gasteiger partial charge is 0.335 e. The van der Waals surface area contributed by atoms with Gasteiger partial charge in [0.15, 0.2) is 5.17 Å². The van der Waals surface area contributed by atoms with Gasteiger partial charge in [0.25, 0.3) is 0 Å². The standard InChI is InChI=1S/C14H17BrN2S/c15-11-4-3-5-12(8-11)17-13-16-9-14(10-18-13)6-1-2-7-14/h3-5,8H,1-2,6-7,9-10H2,(H,16,17). The van der Waals surface area contributed by atoms with Crippen LogP contribution in [0, 0.1) is 5.41 Å². The smallest absolute Gasteiger partial charge is 0.161 e. The molecule has 0 radical (unpaired) electrons. The Bertz CT molecular complexity index is 467. The second kappa shape index (κ2) is 5.25. The maximum atomic E-state index is 4.74. The number of thioether (sulfide) groups is 1. The fourth-order valence-electron chi connectivity index (χ4n) is 2.75. The van der Waals surface area contributed by atoms with Crippen LogP contribution >= 0.6 is 27.7 Å². The van der Waals surface area contributed by atoms with Gasteiger partial charge in [-0.15, -0.1) is 0 Å². The number of benzene rings is 1. The third-order valence-corrected chi connectivity index (χ3v) is 5.57. The summed E-state index contributed by atoms with van der Waals surface area (Å²) in [5.74, 6) is 1.23. The van der Waals surface area contributed by atoms with Crippen LogP contribution in [-0.2, 0) is 0 Å². The molecular formula is C14H17BrN2S. The quantitative estimate of drug-likeness (QED) is 0.821. The molecule has 0 atom stereocenters. The van der Waals surface area contributed by atoms with E-state index in [1.165, 1.54) is 31.4 Å². The zero-order valence-electron chi connectivity index (χ0n) is 10.3. The predicted molar refractivity (Wildman–Crippen MR) is 83.4 cm³/mol. The molecule has 0 unspecified atom stereocenters. The zero-order valence-corrected chi connectivity index (χ0v) is 12.7. The molecule has 2 nitrogen and oxygen atoms in total. The number of nitrogens with zero attached hydrogens (tertiary/aromatic N) is 1. The van der Waals surface area contributed by atoms with Crippen molar-refractivity contribution in [2.45, 2.75) is 25.7 Å². The Morgan fingerprint density at radius 1 is 1.28 bits per heavy atom. The van der Waals surface area contributed by atoms with E-state index in [2.05, 4.69) is 33.4 Å². The molecule has 0 amide bonds. The van der Waals surface area contributed by atoms with Crippen LogP contribution in [0.2, 0.25) is 0 Å². The lowest BCUT2D eigenvalue weighted by molar-refractivity contribution is 0.359. The third-order valence-electron chi connectivity index (χ3n) is 3.81. The SMILES string of the molecule is Brc1cccc(NC2=NCC3(CCCC3)CS2)c1. The molecule has 0 saturated heterocycles. The van der Waals surface area contributed by atoms with Crippen molar-refractivity contribution in [1.29, 1.82) is 0 Å². The number of halogens is 1. The minimum absolute atomic E-state index is 0.521. The van der Waals surface area contributed by atoms with Crippen LogP contribution in [0.25, 0.3) is 0 Å². The maximum Gasteiger partial charge on any atom is 0.161 e. The first-order valence-electron chi connectivity index (χ1n) is 6.46. The van der Waals surface area contributed by atoms with Gasteiger partial charge in [-0.1, -0.05) is 46.6 Å². The first-order chi connectivity index (χ1) is 8.76. The highest BCUT2D eigenvalue weighted by molar-refractivity contribution is 9.10. The van der Waals surface area contributed by atoms with E-state index >= 15 is 0 Å². The highest BCUT2D eigenvalue weighted by Crippen LogP contribution is 2.43. The highest BCUT2D eigenvalue weighted by Gasteiger charge is 2.36. The second-order valence-corrected chi connectivity index (χ2v) is 7.13. The summed E-state index contributed by atoms with van der Waals surface area (Å²) in [4.78, 5) is 4.74. The van der Waals surface area contributed by atoms with Gasteiger partial charge < -0.3 is 5.32 Å². The molecule has 1 fully saturated rings. The lowest BCUT2D eigenvalue weighted by atomic mass is 9.89. The van der Waals surface area contributed by atoms with Gasteiger partial charge in [-0.25, -0.2) is 0 Å². The highest BCUT2D eigenvalue weighted by atomic mass is 79.9. The summed E-state index contributed by atoms with van der Waals surface area (Å²) >= 11 is 5.37. The fourth-order valence-corrected chi connectivity index (χ4v) is 4.31. The number of hydrogen-bond acceptors (Lipinski definition) is 3. The van der Waals surface area contributed by atoms with Gasteiger partial charge in [-0.2, -0.15) is 0 Å². The molecule has 18 heavy (non-hydrogen) atoms. The molecule has 4 heteroatoms. The van der Waals surface area contributed by atoms with Gasteiger partial charge in [-0.3, -0.25) is 4.99 Å². The van der Waals surface area contributed by atoms with Crippen molar-refractivity contribution in [3.05, 3.63) is 28.7 Å². The molecule has 1 heterocycles. The molecule has 2 aliphatic rings. The van der Waals surface area contributed by atoms with Gasteiger partial charge in [-0.05, 0) is 36.5 Å². The first-order valence-corrected chi connectivity index (χ1v) is 8.24. The Morgan fingerprint density at radius 3 is 2.78 bits per heavy atom. The summed E-state index contributed by atoms with van der Waals surface area (Å²) in [6, 6.07) is 8.24. The van der Waals surface area contributed by atoms with Crippen LogP contribution in [0.3, 0.4) is 0 Å². The lowest BCUT2D eigenvalue weighted by Gasteiger charge is -2.31. The Balaban J connectivity index is 1.66. The van der Waals surface area contributed by atoms with Crippen molar-refractivity contribution in [3.8, 4) is 0 Å². The molecular weight excluding hydrogens is 308 g/mol. The predicted octanol–water partition coefficient (Wildman–Crippen LogP) is 4.52. The molecule has 1 aromatic rings. The Hall–Kier alpha value is -0.480. The Kier molecular flexibility index (Phi) is 3.66. The van der Waals surface area contributed by atoms with Gasteiger partial charge in [0.2, 0.25) is 0 Å². The third kappa shape index (κ3) is 2.75. The van der Waals surface area contributed by atoms with Crippen molar-refractivity contribution in [2.75, 3.05) is 17.6 Å². The molecule has 1 aliphatic carbocycles. The molecule has 1 aliphatic heterocycles. The van der Waals surface area contributed by atoms with E-state index in [4.69, 9.17) is 4.99 Å². The summed E-state index contributed by atoms with van der Waals surface area (Å²) in [7, 11) is 0. The normalized spacial score (nSPS) is 21.9. The zero-order chi connectivity index (χ0) is 12.4. The monoisotopic (exact) mass is 324 g/mol. The van der Waals surface area contributed by atoms with Crippen LogP contribution in [0.1, 0.15) is 25.7 Å². The van der Waals surface area contributed by atoms with Crippen LogP contribution < -0.4 is 5.32 Å². The molecule has 1 aromatic carbocycles. The van der Waals surface area contributed by atoms with E-state index < -0.39 is 0 Å². The molecule has 3 rings (SSSR count). The number of nitrogens with one attached hydrogen (secondary N) is 1. The van der Waals surface area contributed by atoms with Crippen molar-refractivity contribution in [3.63, 3.8) is 0 Å². The molecule has 1 spiro atoms. The van der Waals surface area contributed by atoms with Gasteiger partial charge >= 0.3 is 0 Å². The van der Waals surface area contributed by atoms with E-state index in [-0.39, 0.29) is 0 Å². The van der Waals surface area contributed by atoms with Crippen molar-refractivity contribution < 1.29 is 0 Å². The number of hydrogen-bond donors (Lipinski definition) is 1. The van der Waals surface area contributed by atoms with E-state index in [9.17, 15) is 0 Å². The minimum Gasteiger partial charge on any atom is -0.335 e. The summed E-state index contributed by atoms with van der Waals surface area (Å²) in [5.41, 5.74) is 1.63. The van der Waals surface area contributed by atoms with Crippen LogP contribution in [0.5, 0.6) is 0 Å². The minimum atomic E-state index is 0.521. The average molecular weight is 325 g/mol. The van der Waals surface area contributed by atoms with Crippen LogP contribution in [0.4, 0.5) is 5.69 Å². The summed E-state index contributed by atoms with van der Waals surface area (Å²) in [6.45, 7) is 1.01. The fraction of sp³-hybridized carbons (Fsp3) is 0.500. The number of rotatable bonds is 1. The van der Waals surface area contributed by atoms with E-state index in [1.807, 2.05) is 23.9 Å². The number of amidine groups is 1. The number of aliphatic imine (C=N–C) groups is 1. The van der Waals surface area contributed by atoms with E-state index in [1.54, 1.807) is 0 Å². The second-order valence-electron chi connectivity index (χ2n) is 5.25. The summed E-state index contributed by atoms with van der Waals surface area (Å²) < 4.78 is 1.10. The van der Waals surface area contributed by atoms with Crippen LogP contribution in [0.15, 0.2) is 33.7 Å². The molecule has 0 aromatic heterocycles. The topological polar surface area (TPSA) is 24.4 Å². The molecule has 1 N–H and O–H groups in total. The molecule has 96 valence electrons. The summed E-state index contributed by atoms with van der Waals surface area (Å²) in [6.07, 6.45) is 5.52. The Labute approximate surface area is 121 Å². The van der Waals surface area contributed by atoms with Crippen LogP contribution in [-0.4, -0.2) is 17.5 Å². The molecule has 0 bridgehead atoms. The van der Waals surface area contributed by atoms with E-state index in [0.717, 1.165) is 21.9 Å². The van der Waals surface area contributed by atoms with Crippen molar-refractivity contribution in [2.24, 2.45) is 10.4 Å². The number of anilines is 1. The van der Waals surface area contributed by atoms with Gasteiger partial charge in [0, 0.05) is 22.5 Å². The Morgan fingerprint density at radius 2 is 2.11 bits per heavy atom. The van der Waals surface area contributed by atoms with Gasteiger partial charge in [0.05, 0.1) is 0 Å².